The summed E-state index contributed by atoms with van der Waals surface area (Å²) in [6.07, 6.45) is 8.03. The molecular weight excluding hydrogens is 252 g/mol. The number of nitrogens with one attached hydrogen (secondary N) is 1. The van der Waals surface area contributed by atoms with Crippen LogP contribution in [0.4, 0.5) is 0 Å². The average molecular weight is 272 g/mol. The molecule has 1 atom stereocenters. The van der Waals surface area contributed by atoms with Gasteiger partial charge in [-0.3, -0.25) is 9.97 Å². The second-order valence-electron chi connectivity index (χ2n) is 4.57. The van der Waals surface area contributed by atoms with E-state index in [2.05, 4.69) is 34.1 Å². The lowest BCUT2D eigenvalue weighted by atomic mass is 10.0. The monoisotopic (exact) mass is 272 g/mol. The summed E-state index contributed by atoms with van der Waals surface area (Å²) in [6, 6.07) is 1.94. The number of ether oxygens (including phenoxy) is 1. The van der Waals surface area contributed by atoms with Gasteiger partial charge in [-0.1, -0.05) is 6.92 Å². The van der Waals surface area contributed by atoms with Gasteiger partial charge in [-0.25, -0.2) is 4.98 Å². The van der Waals surface area contributed by atoms with Gasteiger partial charge in [0.15, 0.2) is 0 Å². The fourth-order valence-corrected chi connectivity index (χ4v) is 2.11. The molecule has 0 fully saturated rings. The number of aryl methyl sites for hydroxylation is 1. The molecule has 0 spiro atoms. The highest BCUT2D eigenvalue weighted by atomic mass is 16.5. The van der Waals surface area contributed by atoms with Gasteiger partial charge in [0.05, 0.1) is 13.2 Å². The van der Waals surface area contributed by atoms with Crippen LogP contribution in [0.25, 0.3) is 0 Å². The Morgan fingerprint density at radius 2 is 2.05 bits per heavy atom. The minimum atomic E-state index is -0.0627. The van der Waals surface area contributed by atoms with Gasteiger partial charge in [-0.15, -0.1) is 0 Å². The summed E-state index contributed by atoms with van der Waals surface area (Å²) >= 11 is 0. The Kier molecular flexibility index (Phi) is 5.01. The van der Waals surface area contributed by atoms with Crippen LogP contribution >= 0.6 is 0 Å². The minimum Gasteiger partial charge on any atom is -0.480 e. The number of methoxy groups -OCH3 is 1. The molecule has 0 bridgehead atoms. The van der Waals surface area contributed by atoms with Gasteiger partial charge in [-0.2, -0.15) is 0 Å². The molecule has 0 saturated carbocycles. The lowest BCUT2D eigenvalue weighted by Crippen LogP contribution is -2.25. The van der Waals surface area contributed by atoms with Crippen LogP contribution in [0.3, 0.4) is 0 Å². The topological polar surface area (TPSA) is 59.9 Å². The molecule has 106 valence electrons. The first kappa shape index (κ1) is 14.4. The molecule has 2 aromatic rings. The fourth-order valence-electron chi connectivity index (χ4n) is 2.11. The van der Waals surface area contributed by atoms with Crippen LogP contribution in [-0.2, 0) is 0 Å². The van der Waals surface area contributed by atoms with Crippen LogP contribution in [0.1, 0.15) is 36.2 Å². The third-order valence-electron chi connectivity index (χ3n) is 3.15. The van der Waals surface area contributed by atoms with E-state index in [1.807, 2.05) is 12.3 Å². The molecule has 2 aromatic heterocycles. The highest BCUT2D eigenvalue weighted by Gasteiger charge is 2.21. The van der Waals surface area contributed by atoms with E-state index >= 15 is 0 Å². The van der Waals surface area contributed by atoms with Crippen molar-refractivity contribution in [1.29, 1.82) is 0 Å². The Hall–Kier alpha value is -2.01. The van der Waals surface area contributed by atoms with Gasteiger partial charge in [0, 0.05) is 24.8 Å². The number of hydrogen-bond acceptors (Lipinski definition) is 5. The second kappa shape index (κ2) is 6.96. The quantitative estimate of drug-likeness (QED) is 0.874. The molecule has 0 aliphatic rings. The zero-order valence-corrected chi connectivity index (χ0v) is 12.1. The number of rotatable bonds is 6. The van der Waals surface area contributed by atoms with Crippen molar-refractivity contribution in [3.05, 3.63) is 47.7 Å². The summed E-state index contributed by atoms with van der Waals surface area (Å²) in [5, 5.41) is 3.50. The van der Waals surface area contributed by atoms with E-state index in [9.17, 15) is 0 Å². The molecule has 0 saturated heterocycles. The van der Waals surface area contributed by atoms with Crippen LogP contribution in [0.15, 0.2) is 30.9 Å². The van der Waals surface area contributed by atoms with Crippen LogP contribution in [0.5, 0.6) is 5.88 Å². The number of pyridine rings is 1. The summed E-state index contributed by atoms with van der Waals surface area (Å²) in [4.78, 5) is 12.9. The molecule has 0 aliphatic carbocycles. The van der Waals surface area contributed by atoms with Crippen molar-refractivity contribution >= 4 is 0 Å². The van der Waals surface area contributed by atoms with E-state index in [0.29, 0.717) is 5.88 Å². The first-order valence-electron chi connectivity index (χ1n) is 6.76. The van der Waals surface area contributed by atoms with Crippen molar-refractivity contribution in [3.63, 3.8) is 0 Å². The molecule has 2 heterocycles. The van der Waals surface area contributed by atoms with Crippen LogP contribution in [0.2, 0.25) is 0 Å². The highest BCUT2D eigenvalue weighted by molar-refractivity contribution is 5.35. The fraction of sp³-hybridized carbons (Fsp3) is 0.400. The van der Waals surface area contributed by atoms with E-state index in [1.54, 1.807) is 25.7 Å². The molecule has 0 aliphatic heterocycles. The molecule has 2 rings (SSSR count). The van der Waals surface area contributed by atoms with Crippen molar-refractivity contribution in [2.45, 2.75) is 26.3 Å². The zero-order chi connectivity index (χ0) is 14.4. The van der Waals surface area contributed by atoms with Gasteiger partial charge in [0.25, 0.3) is 0 Å². The van der Waals surface area contributed by atoms with Crippen molar-refractivity contribution in [2.75, 3.05) is 13.7 Å². The van der Waals surface area contributed by atoms with Crippen LogP contribution in [0, 0.1) is 6.92 Å². The molecule has 0 aromatic carbocycles. The van der Waals surface area contributed by atoms with Crippen molar-refractivity contribution in [2.24, 2.45) is 0 Å². The maximum atomic E-state index is 5.33. The van der Waals surface area contributed by atoms with Crippen LogP contribution < -0.4 is 10.1 Å². The maximum absolute atomic E-state index is 5.33. The zero-order valence-electron chi connectivity index (χ0n) is 12.1. The Morgan fingerprint density at radius 1 is 1.25 bits per heavy atom. The molecule has 20 heavy (non-hydrogen) atoms. The van der Waals surface area contributed by atoms with Gasteiger partial charge in [0.1, 0.15) is 5.69 Å². The first-order valence-corrected chi connectivity index (χ1v) is 6.76. The lowest BCUT2D eigenvalue weighted by Gasteiger charge is -2.21. The van der Waals surface area contributed by atoms with E-state index in [1.165, 1.54) is 5.56 Å². The SMILES string of the molecule is CCCNC(c1cnccc1C)c1nccnc1OC. The largest absolute Gasteiger partial charge is 0.480 e. The average Bonchev–Trinajstić information content (AvgIpc) is 2.49. The second-order valence-corrected chi connectivity index (χ2v) is 4.57. The Balaban J connectivity index is 2.44. The van der Waals surface area contributed by atoms with E-state index in [4.69, 9.17) is 4.74 Å². The van der Waals surface area contributed by atoms with E-state index in [0.717, 1.165) is 24.2 Å². The predicted octanol–water partition coefficient (Wildman–Crippen LogP) is 2.28. The molecule has 0 radical (unpaired) electrons. The Labute approximate surface area is 119 Å². The lowest BCUT2D eigenvalue weighted by molar-refractivity contribution is 0.382. The third kappa shape index (κ3) is 3.11. The van der Waals surface area contributed by atoms with Gasteiger partial charge < -0.3 is 10.1 Å². The maximum Gasteiger partial charge on any atom is 0.237 e. The normalized spacial score (nSPS) is 12.2. The van der Waals surface area contributed by atoms with Crippen LogP contribution in [-0.4, -0.2) is 28.6 Å². The molecule has 0 amide bonds. The van der Waals surface area contributed by atoms with E-state index < -0.39 is 0 Å². The molecular formula is C15H20N4O. The standard InChI is InChI=1S/C15H20N4O/c1-4-6-17-13(12-10-16-7-5-11(12)2)14-15(20-3)19-9-8-18-14/h5,7-10,13,17H,4,6H2,1-3H3. The highest BCUT2D eigenvalue weighted by Crippen LogP contribution is 2.27. The minimum absolute atomic E-state index is 0.0627. The predicted molar refractivity (Wildman–Crippen MR) is 77.7 cm³/mol. The number of aromatic nitrogens is 3. The van der Waals surface area contributed by atoms with Crippen molar-refractivity contribution in [1.82, 2.24) is 20.3 Å². The van der Waals surface area contributed by atoms with Gasteiger partial charge in [0.2, 0.25) is 5.88 Å². The Bertz CT molecular complexity index is 559. The molecule has 5 heteroatoms. The molecule has 5 nitrogen and oxygen atoms in total. The van der Waals surface area contributed by atoms with E-state index in [-0.39, 0.29) is 6.04 Å². The first-order chi connectivity index (χ1) is 9.77. The summed E-state index contributed by atoms with van der Waals surface area (Å²) in [7, 11) is 1.61. The number of hydrogen-bond donors (Lipinski definition) is 1. The third-order valence-corrected chi connectivity index (χ3v) is 3.15. The summed E-state index contributed by atoms with van der Waals surface area (Å²) < 4.78 is 5.33. The summed E-state index contributed by atoms with van der Waals surface area (Å²) in [5.41, 5.74) is 3.06. The molecule has 1 N–H and O–H groups in total. The Morgan fingerprint density at radius 3 is 2.75 bits per heavy atom. The number of nitrogens with zero attached hydrogens (tertiary/aromatic N) is 3. The van der Waals surface area contributed by atoms with Crippen molar-refractivity contribution in [3.8, 4) is 5.88 Å². The van der Waals surface area contributed by atoms with Gasteiger partial charge in [-0.05, 0) is 37.1 Å². The summed E-state index contributed by atoms with van der Waals surface area (Å²) in [5.74, 6) is 0.546. The summed E-state index contributed by atoms with van der Waals surface area (Å²) in [6.45, 7) is 5.09. The molecule has 1 unspecified atom stereocenters. The van der Waals surface area contributed by atoms with Crippen molar-refractivity contribution < 1.29 is 4.74 Å². The smallest absolute Gasteiger partial charge is 0.237 e. The van der Waals surface area contributed by atoms with Gasteiger partial charge >= 0.3 is 0 Å².